The van der Waals surface area contributed by atoms with Crippen LogP contribution >= 0.6 is 22.9 Å². The van der Waals surface area contributed by atoms with Crippen molar-refractivity contribution in [3.8, 4) is 11.5 Å². The first-order chi connectivity index (χ1) is 14.3. The summed E-state index contributed by atoms with van der Waals surface area (Å²) in [5.74, 6) is -1.50. The Balaban J connectivity index is 1.52. The number of anilines is 1. The van der Waals surface area contributed by atoms with Crippen LogP contribution < -0.4 is 11.1 Å². The van der Waals surface area contributed by atoms with Crippen LogP contribution in [0.4, 0.5) is 11.4 Å². The van der Waals surface area contributed by atoms with Gasteiger partial charge in [-0.3, -0.25) is 14.9 Å². The van der Waals surface area contributed by atoms with Gasteiger partial charge in [-0.25, -0.2) is 9.78 Å². The van der Waals surface area contributed by atoms with E-state index >= 15 is 0 Å². The highest BCUT2D eigenvalue weighted by molar-refractivity contribution is 7.18. The number of thiazole rings is 1. The molecule has 0 saturated heterocycles. The number of rotatable bonds is 5. The molecule has 0 aliphatic heterocycles. The minimum Gasteiger partial charge on any atom is -0.388 e. The van der Waals surface area contributed by atoms with Crippen LogP contribution in [0.3, 0.4) is 0 Å². The summed E-state index contributed by atoms with van der Waals surface area (Å²) in [6.07, 6.45) is 0. The first-order valence-electron chi connectivity index (χ1n) is 8.49. The molecule has 2 aromatic heterocycles. The predicted molar refractivity (Wildman–Crippen MR) is 111 cm³/mol. The molecule has 0 atom stereocenters. The third-order valence-electron chi connectivity index (χ3n) is 4.07. The molecule has 30 heavy (non-hydrogen) atoms. The van der Waals surface area contributed by atoms with E-state index in [0.717, 1.165) is 26.0 Å². The van der Waals surface area contributed by atoms with Crippen LogP contribution in [0.25, 0.3) is 21.7 Å². The molecule has 0 fully saturated rings. The fourth-order valence-electron chi connectivity index (χ4n) is 2.76. The van der Waals surface area contributed by atoms with Crippen molar-refractivity contribution in [1.82, 2.24) is 14.8 Å². The van der Waals surface area contributed by atoms with Crippen molar-refractivity contribution in [2.24, 2.45) is 0 Å². The quantitative estimate of drug-likeness (QED) is 0.366. The number of nitro groups is 1. The molecule has 2 aromatic carbocycles. The normalized spacial score (nSPS) is 11.0. The molecular weight excluding hydrogens is 434 g/mol. The van der Waals surface area contributed by atoms with Crippen LogP contribution in [-0.2, 0) is 11.3 Å². The molecule has 0 bridgehead atoms. The van der Waals surface area contributed by atoms with Gasteiger partial charge in [0.25, 0.3) is 11.6 Å². The first kappa shape index (κ1) is 19.7. The third kappa shape index (κ3) is 3.93. The van der Waals surface area contributed by atoms with Crippen molar-refractivity contribution < 1.29 is 14.1 Å². The van der Waals surface area contributed by atoms with E-state index in [9.17, 15) is 19.7 Å². The number of nitro benzene ring substituents is 1. The maximum atomic E-state index is 12.3. The fraction of sp³-hybridized carbons (Fsp3) is 0.111. The van der Waals surface area contributed by atoms with Gasteiger partial charge in [-0.2, -0.15) is 4.68 Å². The number of amides is 1. The summed E-state index contributed by atoms with van der Waals surface area (Å²) < 4.78 is 6.89. The third-order valence-corrected chi connectivity index (χ3v) is 5.34. The Hall–Kier alpha value is -3.57. The number of carbonyl (C=O) groups is 1. The van der Waals surface area contributed by atoms with Crippen molar-refractivity contribution >= 4 is 50.4 Å². The molecule has 12 heteroatoms. The van der Waals surface area contributed by atoms with Gasteiger partial charge in [-0.1, -0.05) is 11.6 Å². The molecule has 0 spiro atoms. The van der Waals surface area contributed by atoms with E-state index in [2.05, 4.69) is 15.4 Å². The molecule has 1 amide bonds. The number of aromatic nitrogens is 3. The minimum absolute atomic E-state index is 0.00564. The van der Waals surface area contributed by atoms with Gasteiger partial charge >= 0.3 is 5.76 Å². The van der Waals surface area contributed by atoms with Crippen LogP contribution in [0.15, 0.2) is 45.6 Å². The van der Waals surface area contributed by atoms with Crippen molar-refractivity contribution in [3.05, 3.63) is 67.1 Å². The lowest BCUT2D eigenvalue weighted by atomic mass is 10.2. The van der Waals surface area contributed by atoms with Gasteiger partial charge in [-0.05, 0) is 31.2 Å². The highest BCUT2D eigenvalue weighted by Crippen LogP contribution is 2.29. The second-order valence-electron chi connectivity index (χ2n) is 6.22. The summed E-state index contributed by atoms with van der Waals surface area (Å²) in [5.41, 5.74) is 1.29. The zero-order valence-corrected chi connectivity index (χ0v) is 16.9. The number of halogens is 1. The number of fused-ring (bicyclic) bond motifs is 1. The number of non-ortho nitro benzene ring substituents is 1. The molecule has 1 N–H and O–H groups in total. The summed E-state index contributed by atoms with van der Waals surface area (Å²) >= 11 is 7.58. The van der Waals surface area contributed by atoms with Gasteiger partial charge in [0.1, 0.15) is 6.54 Å². The van der Waals surface area contributed by atoms with Crippen LogP contribution in [0.2, 0.25) is 5.02 Å². The van der Waals surface area contributed by atoms with Crippen molar-refractivity contribution in [1.29, 1.82) is 0 Å². The largest absolute Gasteiger partial charge is 0.437 e. The Morgan fingerprint density at radius 3 is 2.87 bits per heavy atom. The Labute approximate surface area is 176 Å². The molecule has 4 aromatic rings. The fourth-order valence-corrected chi connectivity index (χ4v) is 3.83. The lowest BCUT2D eigenvalue weighted by Crippen LogP contribution is -2.25. The smallest absolute Gasteiger partial charge is 0.388 e. The lowest BCUT2D eigenvalue weighted by Gasteiger charge is -2.04. The SMILES string of the molecule is Cc1nc2cc(NC(=O)Cn3nc(-c4ccc([N+](=O)[O-])cc4Cl)oc3=O)ccc2s1. The minimum atomic E-state index is -0.861. The van der Waals surface area contributed by atoms with E-state index in [-0.39, 0.29) is 28.7 Å². The standard InChI is InChI=1S/C18H12ClN5O5S/c1-9-20-14-6-10(2-5-15(14)30-9)21-16(25)8-23-18(26)29-17(22-23)12-4-3-11(24(27)28)7-13(12)19/h2-7H,8H2,1H3,(H,21,25). The first-order valence-corrected chi connectivity index (χ1v) is 9.69. The Morgan fingerprint density at radius 1 is 1.33 bits per heavy atom. The molecule has 0 unspecified atom stereocenters. The van der Waals surface area contributed by atoms with E-state index in [1.165, 1.54) is 12.1 Å². The zero-order chi connectivity index (χ0) is 21.4. The Bertz CT molecular complexity index is 1360. The zero-order valence-electron chi connectivity index (χ0n) is 15.3. The molecule has 0 aliphatic rings. The molecule has 0 radical (unpaired) electrons. The number of carbonyl (C=O) groups excluding carboxylic acids is 1. The van der Waals surface area contributed by atoms with Gasteiger partial charge in [0, 0.05) is 17.8 Å². The van der Waals surface area contributed by atoms with E-state index in [4.69, 9.17) is 16.0 Å². The van der Waals surface area contributed by atoms with E-state index in [1.807, 2.05) is 13.0 Å². The number of benzene rings is 2. The highest BCUT2D eigenvalue weighted by Gasteiger charge is 2.18. The molecule has 152 valence electrons. The number of aryl methyl sites for hydroxylation is 1. The summed E-state index contributed by atoms with van der Waals surface area (Å²) in [4.78, 5) is 39.0. The number of nitrogens with zero attached hydrogens (tertiary/aromatic N) is 4. The van der Waals surface area contributed by atoms with E-state index in [1.54, 1.807) is 23.5 Å². The summed E-state index contributed by atoms with van der Waals surface area (Å²) in [5, 5.41) is 18.4. The van der Waals surface area contributed by atoms with Crippen LogP contribution in [0.5, 0.6) is 0 Å². The Morgan fingerprint density at radius 2 is 2.13 bits per heavy atom. The topological polar surface area (TPSA) is 133 Å². The lowest BCUT2D eigenvalue weighted by molar-refractivity contribution is -0.384. The molecule has 0 aliphatic carbocycles. The van der Waals surface area contributed by atoms with Crippen LogP contribution in [0.1, 0.15) is 5.01 Å². The highest BCUT2D eigenvalue weighted by atomic mass is 35.5. The van der Waals surface area contributed by atoms with Crippen molar-refractivity contribution in [2.45, 2.75) is 13.5 Å². The monoisotopic (exact) mass is 445 g/mol. The molecule has 0 saturated carbocycles. The molecule has 4 rings (SSSR count). The molecule has 2 heterocycles. The van der Waals surface area contributed by atoms with Gasteiger partial charge in [0.15, 0.2) is 0 Å². The van der Waals surface area contributed by atoms with Gasteiger partial charge in [0.05, 0.1) is 30.7 Å². The van der Waals surface area contributed by atoms with Gasteiger partial charge in [-0.15, -0.1) is 16.4 Å². The number of nitrogens with one attached hydrogen (secondary N) is 1. The summed E-state index contributed by atoms with van der Waals surface area (Å²) in [6.45, 7) is 1.51. The van der Waals surface area contributed by atoms with Crippen LogP contribution in [0, 0.1) is 17.0 Å². The molecular formula is C18H12ClN5O5S. The van der Waals surface area contributed by atoms with Crippen molar-refractivity contribution in [2.75, 3.05) is 5.32 Å². The summed E-state index contributed by atoms with van der Waals surface area (Å²) in [7, 11) is 0. The van der Waals surface area contributed by atoms with Crippen molar-refractivity contribution in [3.63, 3.8) is 0 Å². The van der Waals surface area contributed by atoms with E-state index in [0.29, 0.717) is 5.69 Å². The van der Waals surface area contributed by atoms with Gasteiger partial charge in [0.2, 0.25) is 5.91 Å². The maximum absolute atomic E-state index is 12.3. The summed E-state index contributed by atoms with van der Waals surface area (Å²) in [6, 6.07) is 8.99. The average molecular weight is 446 g/mol. The number of hydrogen-bond donors (Lipinski definition) is 1. The molecule has 10 nitrogen and oxygen atoms in total. The number of hydrogen-bond acceptors (Lipinski definition) is 8. The maximum Gasteiger partial charge on any atom is 0.437 e. The van der Waals surface area contributed by atoms with Gasteiger partial charge < -0.3 is 9.73 Å². The Kier molecular flexibility index (Phi) is 5.06. The van der Waals surface area contributed by atoms with E-state index < -0.39 is 16.6 Å². The predicted octanol–water partition coefficient (Wildman–Crippen LogP) is 3.62. The van der Waals surface area contributed by atoms with Crippen LogP contribution in [-0.4, -0.2) is 25.6 Å². The average Bonchev–Trinajstić information content (AvgIpc) is 3.22. The second kappa shape index (κ2) is 7.69. The second-order valence-corrected chi connectivity index (χ2v) is 7.86.